The van der Waals surface area contributed by atoms with Crippen LogP contribution in [0.25, 0.3) is 0 Å². The minimum absolute atomic E-state index is 0.266. The zero-order valence-corrected chi connectivity index (χ0v) is 10.2. The number of halogens is 1. The van der Waals surface area contributed by atoms with Gasteiger partial charge in [-0.3, -0.25) is 10.2 Å². The van der Waals surface area contributed by atoms with E-state index in [0.29, 0.717) is 10.6 Å². The Morgan fingerprint density at radius 3 is 2.72 bits per heavy atom. The first-order valence-corrected chi connectivity index (χ1v) is 6.04. The van der Waals surface area contributed by atoms with Crippen molar-refractivity contribution in [2.75, 3.05) is 0 Å². The molecule has 0 radical (unpaired) electrons. The van der Waals surface area contributed by atoms with E-state index in [4.69, 9.17) is 10.6 Å². The Morgan fingerprint density at radius 2 is 2.06 bits per heavy atom. The summed E-state index contributed by atoms with van der Waals surface area (Å²) in [5.41, 5.74) is 2.88. The van der Waals surface area contributed by atoms with Gasteiger partial charge in [0.2, 0.25) is 0 Å². The third kappa shape index (κ3) is 2.85. The van der Waals surface area contributed by atoms with Gasteiger partial charge in [-0.1, -0.05) is 12.1 Å². The van der Waals surface area contributed by atoms with Crippen molar-refractivity contribution in [1.82, 2.24) is 5.43 Å². The normalized spacial score (nSPS) is 10.1. The quantitative estimate of drug-likeness (QED) is 0.506. The molecule has 0 saturated carbocycles. The first-order valence-electron chi connectivity index (χ1n) is 5.16. The number of rotatable bonds is 4. The second-order valence-corrected chi connectivity index (χ2v) is 4.42. The molecule has 0 aliphatic rings. The van der Waals surface area contributed by atoms with Crippen LogP contribution >= 0.6 is 11.3 Å². The maximum Gasteiger partial charge on any atom is 0.279 e. The van der Waals surface area contributed by atoms with Crippen molar-refractivity contribution in [3.63, 3.8) is 0 Å². The van der Waals surface area contributed by atoms with Gasteiger partial charge in [0.05, 0.1) is 0 Å². The van der Waals surface area contributed by atoms with Crippen LogP contribution in [0.2, 0.25) is 0 Å². The van der Waals surface area contributed by atoms with Crippen molar-refractivity contribution >= 4 is 17.2 Å². The van der Waals surface area contributed by atoms with Crippen molar-refractivity contribution in [3.8, 4) is 5.75 Å². The number of nitrogen functional groups attached to an aromatic ring is 1. The fourth-order valence-corrected chi connectivity index (χ4v) is 2.12. The Hall–Kier alpha value is -1.92. The second-order valence-electron chi connectivity index (χ2n) is 3.50. The van der Waals surface area contributed by atoms with E-state index in [9.17, 15) is 9.18 Å². The van der Waals surface area contributed by atoms with E-state index in [1.165, 1.54) is 23.5 Å². The van der Waals surface area contributed by atoms with Gasteiger partial charge in [-0.15, -0.1) is 11.3 Å². The second kappa shape index (κ2) is 5.61. The molecular weight excluding hydrogens is 255 g/mol. The van der Waals surface area contributed by atoms with E-state index in [2.05, 4.69) is 5.43 Å². The molecule has 0 saturated heterocycles. The molecule has 2 aromatic rings. The summed E-state index contributed by atoms with van der Waals surface area (Å²) in [6.07, 6.45) is 0. The molecule has 0 unspecified atom stereocenters. The summed E-state index contributed by atoms with van der Waals surface area (Å²) < 4.78 is 18.2. The molecule has 2 rings (SSSR count). The number of amides is 1. The van der Waals surface area contributed by atoms with Crippen molar-refractivity contribution in [2.45, 2.75) is 6.61 Å². The highest BCUT2D eigenvalue weighted by atomic mass is 32.1. The van der Waals surface area contributed by atoms with Crippen LogP contribution in [0, 0.1) is 5.82 Å². The number of ether oxygens (including phenoxy) is 1. The number of hydrazine groups is 1. The number of nitrogens with two attached hydrogens (primary N) is 1. The first-order chi connectivity index (χ1) is 8.70. The lowest BCUT2D eigenvalue weighted by Gasteiger charge is -2.06. The molecule has 18 heavy (non-hydrogen) atoms. The SMILES string of the molecule is NNC(=O)c1sccc1OCc1ccc(F)cc1. The Bertz CT molecular complexity index is 539. The fourth-order valence-electron chi connectivity index (χ4n) is 1.38. The lowest BCUT2D eigenvalue weighted by Crippen LogP contribution is -2.29. The average molecular weight is 266 g/mol. The summed E-state index contributed by atoms with van der Waals surface area (Å²) in [5, 5.41) is 1.74. The van der Waals surface area contributed by atoms with E-state index in [0.717, 1.165) is 5.56 Å². The Labute approximate surface area is 107 Å². The van der Waals surface area contributed by atoms with Gasteiger partial charge in [0.1, 0.15) is 23.1 Å². The van der Waals surface area contributed by atoms with Gasteiger partial charge in [0.25, 0.3) is 5.91 Å². The minimum atomic E-state index is -0.390. The molecule has 1 heterocycles. The molecule has 0 fully saturated rings. The van der Waals surface area contributed by atoms with Crippen LogP contribution < -0.4 is 16.0 Å². The topological polar surface area (TPSA) is 64.3 Å². The van der Waals surface area contributed by atoms with Crippen LogP contribution in [0.3, 0.4) is 0 Å². The lowest BCUT2D eigenvalue weighted by atomic mass is 10.2. The van der Waals surface area contributed by atoms with Crippen LogP contribution in [-0.4, -0.2) is 5.91 Å². The van der Waals surface area contributed by atoms with Gasteiger partial charge in [0, 0.05) is 0 Å². The zero-order chi connectivity index (χ0) is 13.0. The van der Waals surface area contributed by atoms with Gasteiger partial charge < -0.3 is 4.74 Å². The minimum Gasteiger partial charge on any atom is -0.487 e. The number of carbonyl (C=O) groups excluding carboxylic acids is 1. The van der Waals surface area contributed by atoms with Gasteiger partial charge in [-0.05, 0) is 29.1 Å². The largest absolute Gasteiger partial charge is 0.487 e. The van der Waals surface area contributed by atoms with Crippen LogP contribution in [0.1, 0.15) is 15.2 Å². The predicted octanol–water partition coefficient (Wildman–Crippen LogP) is 2.07. The third-order valence-corrected chi connectivity index (χ3v) is 3.17. The number of hydrogen-bond acceptors (Lipinski definition) is 4. The predicted molar refractivity (Wildman–Crippen MR) is 66.7 cm³/mol. The van der Waals surface area contributed by atoms with E-state index >= 15 is 0 Å². The van der Waals surface area contributed by atoms with E-state index in [-0.39, 0.29) is 18.3 Å². The fraction of sp³-hybridized carbons (Fsp3) is 0.0833. The summed E-state index contributed by atoms with van der Waals surface area (Å²) >= 11 is 1.24. The van der Waals surface area contributed by atoms with Gasteiger partial charge >= 0.3 is 0 Å². The van der Waals surface area contributed by atoms with E-state index < -0.39 is 0 Å². The van der Waals surface area contributed by atoms with E-state index in [1.54, 1.807) is 23.6 Å². The monoisotopic (exact) mass is 266 g/mol. The molecule has 0 spiro atoms. The summed E-state index contributed by atoms with van der Waals surface area (Å²) in [4.78, 5) is 11.8. The smallest absolute Gasteiger partial charge is 0.279 e. The highest BCUT2D eigenvalue weighted by molar-refractivity contribution is 7.12. The molecule has 94 valence electrons. The van der Waals surface area contributed by atoms with Crippen LogP contribution in [-0.2, 0) is 6.61 Å². The van der Waals surface area contributed by atoms with Gasteiger partial charge in [-0.2, -0.15) is 0 Å². The Morgan fingerprint density at radius 1 is 1.33 bits per heavy atom. The molecular formula is C12H11FN2O2S. The molecule has 0 bridgehead atoms. The molecule has 3 N–H and O–H groups in total. The van der Waals surface area contributed by atoms with Crippen molar-refractivity contribution in [2.24, 2.45) is 5.84 Å². The van der Waals surface area contributed by atoms with Gasteiger partial charge in [-0.25, -0.2) is 10.2 Å². The molecule has 1 aromatic heterocycles. The summed E-state index contributed by atoms with van der Waals surface area (Å²) in [7, 11) is 0. The third-order valence-electron chi connectivity index (χ3n) is 2.27. The maximum atomic E-state index is 12.7. The Kier molecular flexibility index (Phi) is 3.91. The lowest BCUT2D eigenvalue weighted by molar-refractivity contribution is 0.0953. The van der Waals surface area contributed by atoms with E-state index in [1.807, 2.05) is 0 Å². The number of thiophene rings is 1. The number of carbonyl (C=O) groups is 1. The maximum absolute atomic E-state index is 12.7. The number of nitrogens with one attached hydrogen (secondary N) is 1. The van der Waals surface area contributed by atoms with Crippen molar-refractivity contribution < 1.29 is 13.9 Å². The first kappa shape index (κ1) is 12.5. The van der Waals surface area contributed by atoms with Gasteiger partial charge in [0.15, 0.2) is 0 Å². The number of benzene rings is 1. The zero-order valence-electron chi connectivity index (χ0n) is 9.35. The summed E-state index contributed by atoms with van der Waals surface area (Å²) in [6, 6.07) is 7.67. The Balaban J connectivity index is 2.04. The number of hydrogen-bond donors (Lipinski definition) is 2. The summed E-state index contributed by atoms with van der Waals surface area (Å²) in [5.74, 6) is 4.85. The van der Waals surface area contributed by atoms with Crippen molar-refractivity contribution in [1.29, 1.82) is 0 Å². The molecule has 0 aliphatic carbocycles. The molecule has 4 nitrogen and oxygen atoms in total. The molecule has 1 aromatic carbocycles. The molecule has 6 heteroatoms. The van der Waals surface area contributed by atoms with Crippen LogP contribution in [0.5, 0.6) is 5.75 Å². The van der Waals surface area contributed by atoms with Crippen LogP contribution in [0.4, 0.5) is 4.39 Å². The highest BCUT2D eigenvalue weighted by Gasteiger charge is 2.13. The molecule has 0 aliphatic heterocycles. The standard InChI is InChI=1S/C12H11FN2O2S/c13-9-3-1-8(2-4-9)7-17-10-5-6-18-11(10)12(16)15-14/h1-6H,7,14H2,(H,15,16). The highest BCUT2D eigenvalue weighted by Crippen LogP contribution is 2.25. The average Bonchev–Trinajstić information content (AvgIpc) is 2.85. The molecule has 1 amide bonds. The van der Waals surface area contributed by atoms with Crippen LogP contribution in [0.15, 0.2) is 35.7 Å². The van der Waals surface area contributed by atoms with Crippen molar-refractivity contribution in [3.05, 3.63) is 52.0 Å². The molecule has 0 atom stereocenters. The summed E-state index contributed by atoms with van der Waals surface area (Å²) in [6.45, 7) is 0.266.